The Labute approximate surface area is 100 Å². The lowest BCUT2D eigenvalue weighted by Crippen LogP contribution is -3.08. The zero-order chi connectivity index (χ0) is 11.5. The highest BCUT2D eigenvalue weighted by molar-refractivity contribution is 4.80. The summed E-state index contributed by atoms with van der Waals surface area (Å²) >= 11 is 0. The monoisotopic (exact) mass is 225 g/mol. The van der Waals surface area contributed by atoms with Crippen LogP contribution in [0.2, 0.25) is 0 Å². The molecular weight excluding hydrogens is 198 g/mol. The summed E-state index contributed by atoms with van der Waals surface area (Å²) in [6.07, 6.45) is 2.70. The summed E-state index contributed by atoms with van der Waals surface area (Å²) in [6, 6.07) is 1.56. The lowest BCUT2D eigenvalue weighted by Gasteiger charge is -2.43. The zero-order valence-corrected chi connectivity index (χ0v) is 10.9. The molecule has 2 heterocycles. The van der Waals surface area contributed by atoms with Gasteiger partial charge in [-0.1, -0.05) is 0 Å². The standard InChI is InChI=1S/C13H27N3/c1-12(2)15-8-10-16(11-9-15)13-4-6-14(3)7-5-13/h12-14H,3-11H2,1-2H3. The molecule has 2 rings (SSSR count). The van der Waals surface area contributed by atoms with Crippen LogP contribution in [0.1, 0.15) is 26.7 Å². The van der Waals surface area contributed by atoms with Crippen LogP contribution in [-0.2, 0) is 0 Å². The Morgan fingerprint density at radius 2 is 1.62 bits per heavy atom. The summed E-state index contributed by atoms with van der Waals surface area (Å²) in [5.41, 5.74) is 0. The predicted molar refractivity (Wildman–Crippen MR) is 67.4 cm³/mol. The van der Waals surface area contributed by atoms with E-state index in [-0.39, 0.29) is 0 Å². The average molecular weight is 225 g/mol. The van der Waals surface area contributed by atoms with Gasteiger partial charge in [0.05, 0.1) is 13.1 Å². The molecule has 2 fully saturated rings. The van der Waals surface area contributed by atoms with Crippen LogP contribution in [0.5, 0.6) is 0 Å². The summed E-state index contributed by atoms with van der Waals surface area (Å²) in [6.45, 7) is 12.2. The van der Waals surface area contributed by atoms with Crippen molar-refractivity contribution < 1.29 is 4.90 Å². The van der Waals surface area contributed by atoms with Crippen molar-refractivity contribution in [2.75, 3.05) is 39.3 Å². The second kappa shape index (κ2) is 5.48. The fourth-order valence-electron chi connectivity index (χ4n) is 2.99. The van der Waals surface area contributed by atoms with Crippen LogP contribution in [0, 0.1) is 7.05 Å². The maximum absolute atomic E-state index is 4.10. The number of nitrogens with zero attached hydrogens (tertiary/aromatic N) is 2. The van der Waals surface area contributed by atoms with E-state index in [1.807, 2.05) is 0 Å². The van der Waals surface area contributed by atoms with Gasteiger partial charge in [0, 0.05) is 51.1 Å². The average Bonchev–Trinajstić information content (AvgIpc) is 2.30. The maximum atomic E-state index is 4.10. The van der Waals surface area contributed by atoms with E-state index >= 15 is 0 Å². The molecule has 0 saturated carbocycles. The minimum Gasteiger partial charge on any atom is -0.468 e. The highest BCUT2D eigenvalue weighted by Gasteiger charge is 2.27. The van der Waals surface area contributed by atoms with Crippen LogP contribution in [0.3, 0.4) is 0 Å². The lowest BCUT2D eigenvalue weighted by atomic mass is 10.0. The fourth-order valence-corrected chi connectivity index (χ4v) is 2.99. The second-order valence-electron chi connectivity index (χ2n) is 5.65. The van der Waals surface area contributed by atoms with Gasteiger partial charge in [-0.2, -0.15) is 7.05 Å². The molecule has 2 aliphatic rings. The van der Waals surface area contributed by atoms with Crippen molar-refractivity contribution in [3.8, 4) is 0 Å². The molecular formula is C13H27N3. The third kappa shape index (κ3) is 2.96. The van der Waals surface area contributed by atoms with Crippen molar-refractivity contribution in [1.29, 1.82) is 0 Å². The van der Waals surface area contributed by atoms with Crippen LogP contribution in [0.15, 0.2) is 0 Å². The van der Waals surface area contributed by atoms with Crippen molar-refractivity contribution in [1.82, 2.24) is 9.80 Å². The summed E-state index contributed by atoms with van der Waals surface area (Å²) in [5, 5.41) is 0. The van der Waals surface area contributed by atoms with E-state index in [1.54, 1.807) is 0 Å². The normalized spacial score (nSPS) is 34.5. The summed E-state index contributed by atoms with van der Waals surface area (Å²) < 4.78 is 0. The molecule has 0 atom stereocenters. The molecule has 0 bridgehead atoms. The van der Waals surface area contributed by atoms with Gasteiger partial charge in [0.25, 0.3) is 0 Å². The van der Waals surface area contributed by atoms with E-state index in [1.165, 1.54) is 57.0 Å². The molecule has 3 nitrogen and oxygen atoms in total. The summed E-state index contributed by atoms with van der Waals surface area (Å²) in [5.74, 6) is 0. The second-order valence-corrected chi connectivity index (χ2v) is 5.65. The van der Waals surface area contributed by atoms with Crippen molar-refractivity contribution in [3.05, 3.63) is 7.05 Å². The minimum atomic E-state index is 0.716. The topological polar surface area (TPSA) is 10.9 Å². The van der Waals surface area contributed by atoms with Crippen molar-refractivity contribution >= 4 is 0 Å². The summed E-state index contributed by atoms with van der Waals surface area (Å²) in [4.78, 5) is 6.78. The molecule has 1 N–H and O–H groups in total. The molecule has 0 spiro atoms. The number of hydrogen-bond acceptors (Lipinski definition) is 2. The van der Waals surface area contributed by atoms with Crippen LogP contribution in [0.4, 0.5) is 0 Å². The number of piperidine rings is 1. The van der Waals surface area contributed by atoms with Gasteiger partial charge in [-0.3, -0.25) is 9.80 Å². The number of piperazine rings is 1. The van der Waals surface area contributed by atoms with E-state index in [2.05, 4.69) is 30.7 Å². The molecule has 0 unspecified atom stereocenters. The molecule has 0 aromatic carbocycles. The van der Waals surface area contributed by atoms with Gasteiger partial charge in [-0.05, 0) is 13.8 Å². The third-order valence-electron chi connectivity index (χ3n) is 4.26. The largest absolute Gasteiger partial charge is 0.468 e. The predicted octanol–water partition coefficient (Wildman–Crippen LogP) is -0.149. The Balaban J connectivity index is 1.76. The van der Waals surface area contributed by atoms with Gasteiger partial charge in [0.15, 0.2) is 0 Å². The fraction of sp³-hybridized carbons (Fsp3) is 0.923. The Morgan fingerprint density at radius 1 is 1.06 bits per heavy atom. The lowest BCUT2D eigenvalue weighted by molar-refractivity contribution is -0.859. The van der Waals surface area contributed by atoms with E-state index < -0.39 is 0 Å². The smallest absolute Gasteiger partial charge is 0.0545 e. The van der Waals surface area contributed by atoms with Crippen LogP contribution < -0.4 is 4.90 Å². The highest BCUT2D eigenvalue weighted by atomic mass is 15.3. The van der Waals surface area contributed by atoms with Crippen molar-refractivity contribution in [3.63, 3.8) is 0 Å². The molecule has 2 aliphatic heterocycles. The zero-order valence-electron chi connectivity index (χ0n) is 10.9. The number of quaternary nitrogens is 1. The van der Waals surface area contributed by atoms with Gasteiger partial charge in [-0.25, -0.2) is 0 Å². The molecule has 0 radical (unpaired) electrons. The highest BCUT2D eigenvalue weighted by Crippen LogP contribution is 2.14. The minimum absolute atomic E-state index is 0.716. The quantitative estimate of drug-likeness (QED) is 0.656. The van der Waals surface area contributed by atoms with Gasteiger partial charge in [-0.15, -0.1) is 0 Å². The van der Waals surface area contributed by atoms with Crippen LogP contribution >= 0.6 is 0 Å². The first-order valence-electron chi connectivity index (χ1n) is 6.81. The Hall–Kier alpha value is -0.120. The maximum Gasteiger partial charge on any atom is 0.0545 e. The number of nitrogens with one attached hydrogen (secondary N) is 1. The first-order chi connectivity index (χ1) is 7.66. The summed E-state index contributed by atoms with van der Waals surface area (Å²) in [7, 11) is 4.10. The van der Waals surface area contributed by atoms with Gasteiger partial charge >= 0.3 is 0 Å². The Bertz CT molecular complexity index is 201. The molecule has 0 amide bonds. The SMILES string of the molecule is [CH2-][NH+]1CCC(N2CCN(C(C)C)CC2)CC1. The third-order valence-corrected chi connectivity index (χ3v) is 4.26. The molecule has 0 aromatic heterocycles. The molecule has 94 valence electrons. The first kappa shape index (κ1) is 12.3. The molecule has 2 saturated heterocycles. The Morgan fingerprint density at radius 3 is 2.12 bits per heavy atom. The van der Waals surface area contributed by atoms with Crippen LogP contribution in [0.25, 0.3) is 0 Å². The number of hydrogen-bond donors (Lipinski definition) is 1. The molecule has 0 aliphatic carbocycles. The van der Waals surface area contributed by atoms with Crippen molar-refractivity contribution in [2.24, 2.45) is 0 Å². The number of likely N-dealkylation sites (tertiary alicyclic amines) is 1. The van der Waals surface area contributed by atoms with Crippen molar-refractivity contribution in [2.45, 2.75) is 38.8 Å². The van der Waals surface area contributed by atoms with E-state index in [0.717, 1.165) is 6.04 Å². The molecule has 0 aromatic rings. The first-order valence-corrected chi connectivity index (χ1v) is 6.81. The van der Waals surface area contributed by atoms with E-state index in [9.17, 15) is 0 Å². The van der Waals surface area contributed by atoms with Crippen LogP contribution in [-0.4, -0.2) is 61.2 Å². The van der Waals surface area contributed by atoms with E-state index in [4.69, 9.17) is 0 Å². The Kier molecular flexibility index (Phi) is 4.22. The van der Waals surface area contributed by atoms with E-state index in [0.29, 0.717) is 6.04 Å². The molecule has 3 heteroatoms. The number of rotatable bonds is 2. The van der Waals surface area contributed by atoms with Gasteiger partial charge in [0.1, 0.15) is 0 Å². The molecule has 16 heavy (non-hydrogen) atoms. The van der Waals surface area contributed by atoms with Gasteiger partial charge in [0.2, 0.25) is 0 Å². The van der Waals surface area contributed by atoms with Gasteiger partial charge < -0.3 is 4.90 Å².